The fourth-order valence-electron chi connectivity index (χ4n) is 3.75. The van der Waals surface area contributed by atoms with E-state index in [0.717, 1.165) is 5.56 Å². The molecule has 0 fully saturated rings. The van der Waals surface area contributed by atoms with E-state index in [0.29, 0.717) is 19.6 Å². The molecule has 3 N–H and O–H groups in total. The highest BCUT2D eigenvalue weighted by atomic mass is 16.5. The molecule has 0 radical (unpaired) electrons. The van der Waals surface area contributed by atoms with Crippen molar-refractivity contribution >= 4 is 23.4 Å². The first-order chi connectivity index (χ1) is 16.5. The molecule has 192 valence electrons. The van der Waals surface area contributed by atoms with E-state index in [4.69, 9.17) is 10.5 Å². The zero-order valence-electron chi connectivity index (χ0n) is 21.2. The Labute approximate surface area is 205 Å². The molecule has 2 rings (SSSR count). The van der Waals surface area contributed by atoms with Crippen LogP contribution in [0.3, 0.4) is 0 Å². The quantitative estimate of drug-likeness (QED) is 0.437. The molecule has 0 saturated carbocycles. The van der Waals surface area contributed by atoms with Crippen LogP contribution in [0.2, 0.25) is 0 Å². The monoisotopic (exact) mass is 487 g/mol. The second-order valence-corrected chi connectivity index (χ2v) is 9.42. The molecule has 2 aromatic rings. The minimum atomic E-state index is -0.703. The van der Waals surface area contributed by atoms with Gasteiger partial charge in [-0.2, -0.15) is 0 Å². The molecule has 10 nitrogen and oxygen atoms in total. The number of amides is 1. The van der Waals surface area contributed by atoms with Crippen LogP contribution in [0.4, 0.5) is 11.5 Å². The predicted octanol–water partition coefficient (Wildman–Crippen LogP) is 1.83. The van der Waals surface area contributed by atoms with Crippen molar-refractivity contribution in [2.24, 2.45) is 11.8 Å². The molecule has 0 spiro atoms. The lowest BCUT2D eigenvalue weighted by Gasteiger charge is -2.29. The van der Waals surface area contributed by atoms with Gasteiger partial charge in [-0.25, -0.2) is 4.79 Å². The summed E-state index contributed by atoms with van der Waals surface area (Å²) >= 11 is 0. The van der Waals surface area contributed by atoms with Crippen molar-refractivity contribution in [3.8, 4) is 0 Å². The molecular formula is C25H37N5O5. The fraction of sp³-hybridized carbons (Fsp3) is 0.520. The summed E-state index contributed by atoms with van der Waals surface area (Å²) in [6.07, 6.45) is 0.114. The minimum Gasteiger partial charge on any atom is -0.469 e. The summed E-state index contributed by atoms with van der Waals surface area (Å²) in [7, 11) is 1.32. The van der Waals surface area contributed by atoms with Crippen LogP contribution in [0.5, 0.6) is 0 Å². The number of nitrogens with two attached hydrogens (primary N) is 1. The Kier molecular flexibility index (Phi) is 10.3. The molecule has 35 heavy (non-hydrogen) atoms. The highest BCUT2D eigenvalue weighted by molar-refractivity contribution is 5.96. The molecule has 0 unspecified atom stereocenters. The van der Waals surface area contributed by atoms with Crippen molar-refractivity contribution in [1.29, 1.82) is 0 Å². The number of carbonyl (C=O) groups is 2. The van der Waals surface area contributed by atoms with Crippen molar-refractivity contribution < 1.29 is 14.3 Å². The lowest BCUT2D eigenvalue weighted by molar-refractivity contribution is -0.141. The fourth-order valence-corrected chi connectivity index (χ4v) is 3.75. The maximum absolute atomic E-state index is 13.6. The predicted molar refractivity (Wildman–Crippen MR) is 136 cm³/mol. The number of hydrogen-bond acceptors (Lipinski definition) is 7. The molecule has 10 heteroatoms. The number of aromatic nitrogens is 2. The van der Waals surface area contributed by atoms with Gasteiger partial charge in [-0.1, -0.05) is 58.0 Å². The van der Waals surface area contributed by atoms with Crippen LogP contribution in [0.25, 0.3) is 0 Å². The van der Waals surface area contributed by atoms with Crippen LogP contribution < -0.4 is 21.9 Å². The van der Waals surface area contributed by atoms with Gasteiger partial charge in [-0.15, -0.1) is 0 Å². The van der Waals surface area contributed by atoms with Gasteiger partial charge < -0.3 is 15.4 Å². The molecule has 0 aliphatic heterocycles. The lowest BCUT2D eigenvalue weighted by atomic mass is 10.1. The maximum atomic E-state index is 13.6. The maximum Gasteiger partial charge on any atom is 0.330 e. The number of nitrogen functional groups attached to an aromatic ring is 1. The van der Waals surface area contributed by atoms with Gasteiger partial charge in [0.15, 0.2) is 5.69 Å². The standard InChI is InChI=1S/C25H37N5O5/c1-17(2)13-29(22-23(26)30(14-18(3)4)25(34)27-24(22)33)20(31)16-28(12-11-21(32)35-5)15-19-9-7-6-8-10-19/h6-10,17-18H,11-16,26H2,1-5H3,(H,27,33,34). The third-order valence-corrected chi connectivity index (χ3v) is 5.35. The Hall–Kier alpha value is -3.40. The van der Waals surface area contributed by atoms with E-state index in [2.05, 4.69) is 4.98 Å². The molecule has 1 aromatic heterocycles. The van der Waals surface area contributed by atoms with Crippen molar-refractivity contribution in [2.45, 2.75) is 47.2 Å². The first kappa shape index (κ1) is 27.8. The molecule has 1 amide bonds. The number of ether oxygens (including phenoxy) is 1. The number of esters is 1. The molecule has 0 bridgehead atoms. The molecule has 0 aliphatic rings. The van der Waals surface area contributed by atoms with Crippen molar-refractivity contribution in [3.63, 3.8) is 0 Å². The van der Waals surface area contributed by atoms with E-state index in [-0.39, 0.29) is 54.7 Å². The van der Waals surface area contributed by atoms with Crippen LogP contribution in [0.15, 0.2) is 39.9 Å². The van der Waals surface area contributed by atoms with Gasteiger partial charge in [-0.05, 0) is 17.4 Å². The van der Waals surface area contributed by atoms with E-state index in [1.807, 2.05) is 62.9 Å². The summed E-state index contributed by atoms with van der Waals surface area (Å²) in [5.41, 5.74) is 5.93. The van der Waals surface area contributed by atoms with E-state index < -0.39 is 11.2 Å². The van der Waals surface area contributed by atoms with Crippen LogP contribution in [0.1, 0.15) is 39.7 Å². The number of H-pyrrole nitrogens is 1. The molecular weight excluding hydrogens is 450 g/mol. The van der Waals surface area contributed by atoms with E-state index in [1.54, 1.807) is 0 Å². The molecule has 1 aromatic carbocycles. The van der Waals surface area contributed by atoms with Crippen LogP contribution in [0, 0.1) is 11.8 Å². The molecule has 0 atom stereocenters. The van der Waals surface area contributed by atoms with E-state index in [1.165, 1.54) is 16.6 Å². The van der Waals surface area contributed by atoms with Gasteiger partial charge in [0.05, 0.1) is 20.1 Å². The second kappa shape index (κ2) is 12.9. The van der Waals surface area contributed by atoms with Crippen molar-refractivity contribution in [1.82, 2.24) is 14.5 Å². The van der Waals surface area contributed by atoms with E-state index >= 15 is 0 Å². The number of aromatic amines is 1. The second-order valence-electron chi connectivity index (χ2n) is 9.42. The summed E-state index contributed by atoms with van der Waals surface area (Å²) in [6.45, 7) is 8.91. The highest BCUT2D eigenvalue weighted by Gasteiger charge is 2.27. The van der Waals surface area contributed by atoms with Gasteiger partial charge in [0.2, 0.25) is 5.91 Å². The number of carbonyl (C=O) groups excluding carboxylic acids is 2. The lowest BCUT2D eigenvalue weighted by Crippen LogP contribution is -2.46. The minimum absolute atomic E-state index is 0.0286. The molecule has 1 heterocycles. The average molecular weight is 488 g/mol. The molecule has 0 aliphatic carbocycles. The number of benzene rings is 1. The van der Waals surface area contributed by atoms with Crippen LogP contribution in [-0.2, 0) is 27.4 Å². The summed E-state index contributed by atoms with van der Waals surface area (Å²) in [5, 5.41) is 0. The molecule has 0 saturated heterocycles. The number of anilines is 2. The third kappa shape index (κ3) is 8.10. The van der Waals surface area contributed by atoms with Gasteiger partial charge >= 0.3 is 11.7 Å². The average Bonchev–Trinajstić information content (AvgIpc) is 2.79. The highest BCUT2D eigenvalue weighted by Crippen LogP contribution is 2.20. The van der Waals surface area contributed by atoms with Crippen LogP contribution in [-0.4, -0.2) is 53.1 Å². The number of nitrogens with one attached hydrogen (secondary N) is 1. The topological polar surface area (TPSA) is 131 Å². The number of rotatable bonds is 12. The van der Waals surface area contributed by atoms with Crippen LogP contribution >= 0.6 is 0 Å². The van der Waals surface area contributed by atoms with E-state index in [9.17, 15) is 19.2 Å². The van der Waals surface area contributed by atoms with Crippen molar-refractivity contribution in [3.05, 3.63) is 56.7 Å². The number of hydrogen-bond donors (Lipinski definition) is 2. The summed E-state index contributed by atoms with van der Waals surface area (Å²) in [4.78, 5) is 56.1. The summed E-state index contributed by atoms with van der Waals surface area (Å²) < 4.78 is 6.05. The smallest absolute Gasteiger partial charge is 0.330 e. The first-order valence-electron chi connectivity index (χ1n) is 11.8. The van der Waals surface area contributed by atoms with Crippen molar-refractivity contribution in [2.75, 3.05) is 37.4 Å². The normalized spacial score (nSPS) is 11.3. The Morgan fingerprint density at radius 1 is 1.09 bits per heavy atom. The number of methoxy groups -OCH3 is 1. The Morgan fingerprint density at radius 2 is 1.74 bits per heavy atom. The first-order valence-corrected chi connectivity index (χ1v) is 11.8. The Balaban J connectivity index is 2.42. The SMILES string of the molecule is COC(=O)CCN(CC(=O)N(CC(C)C)c1c(N)n(CC(C)C)c(=O)[nH]c1=O)Cc1ccccc1. The zero-order valence-corrected chi connectivity index (χ0v) is 21.2. The summed E-state index contributed by atoms with van der Waals surface area (Å²) in [6, 6.07) is 9.58. The van der Waals surface area contributed by atoms with Gasteiger partial charge in [-0.3, -0.25) is 28.8 Å². The number of nitrogens with zero attached hydrogens (tertiary/aromatic N) is 3. The third-order valence-electron chi connectivity index (χ3n) is 5.35. The Bertz CT molecular complexity index is 1110. The Morgan fingerprint density at radius 3 is 2.31 bits per heavy atom. The van der Waals surface area contributed by atoms with Gasteiger partial charge in [0, 0.05) is 26.2 Å². The summed E-state index contributed by atoms with van der Waals surface area (Å²) in [5.74, 6) is -0.642. The zero-order chi connectivity index (χ0) is 26.1. The van der Waals surface area contributed by atoms with Gasteiger partial charge in [0.1, 0.15) is 5.82 Å². The largest absolute Gasteiger partial charge is 0.469 e. The van der Waals surface area contributed by atoms with Gasteiger partial charge in [0.25, 0.3) is 5.56 Å².